The molecule has 0 spiro atoms. The summed E-state index contributed by atoms with van der Waals surface area (Å²) in [4.78, 5) is 47.7. The van der Waals surface area contributed by atoms with Gasteiger partial charge in [0.1, 0.15) is 44.8 Å². The molecule has 0 unspecified atom stereocenters. The molecule has 0 saturated heterocycles. The van der Waals surface area contributed by atoms with E-state index in [1.165, 1.54) is 36.2 Å². The number of thiophene rings is 2. The van der Waals surface area contributed by atoms with E-state index < -0.39 is 37.9 Å². The number of fused-ring (bicyclic) bond motifs is 10. The van der Waals surface area contributed by atoms with Crippen molar-refractivity contribution < 1.29 is 69.4 Å². The number of rotatable bonds is 18. The van der Waals surface area contributed by atoms with Crippen LogP contribution in [0, 0.1) is 12.1 Å². The normalized spacial score (nSPS) is 14.1. The topological polar surface area (TPSA) is 166 Å². The molecule has 21 rings (SSSR count). The van der Waals surface area contributed by atoms with E-state index in [9.17, 15) is 10.2 Å². The van der Waals surface area contributed by atoms with Crippen LogP contribution in [0.2, 0.25) is 0 Å². The zero-order chi connectivity index (χ0) is 104. The first-order valence-corrected chi connectivity index (χ1v) is 53.9. The van der Waals surface area contributed by atoms with Crippen LogP contribution in [0.25, 0.3) is 65.2 Å². The maximum absolute atomic E-state index is 12.3. The smallest absolute Gasteiger partial charge is 0.666 e. The molecule has 10 aromatic heterocycles. The standard InChI is InChI=1S/C47H48N6.C42H44N4O2.C39H40N2S4.Cu.2Pt/c1-44(2,3)42-49-38(29-52(42)32-21-12-10-13-22-32)46(6,7)40-35-26-18-19-27-36(35)41(51-40)47(8,9)43-50-37(30-53(43)33-23-14-11-15-24-33)45(4,5)39-34-25-17-16-20-31(34)28-48-39;1-39(2)29-21-15-23-31(35(29)47)41(5,6)38-44-34(26-46(38)28-19-13-10-14-20-28)40(3,4)30-22-16-24-32(36(30)48)42(7,8)37-43-33(39)25-45(37)27-17-11-9-12-18-27;1-36(2,3)29-23-42-35(40-29)39(8,9)32-22-27(33(45-32)26-18-14-11-15-19-26)37(4,5)30-24-43-34(41-30)38(6,7)31-21-20-28(44-31)25-16-12-10-13-17-25;;;/h10-30H,1-9H3;9-26,47-48H,1-8H3;10-20,23-24H,1-9H3;;;/q-2;;-2;+2;;+2. The van der Waals surface area contributed by atoms with Gasteiger partial charge in [0, 0.05) is 156 Å². The number of para-hydroxylation sites is 6. The number of phenols is 2. The zero-order valence-corrected chi connectivity index (χ0v) is 98.6. The molecule has 1 aliphatic heterocycles. The van der Waals surface area contributed by atoms with Gasteiger partial charge in [-0.25, -0.2) is 48.1 Å². The molecule has 2 N–H and O–H groups in total. The SMILES string of the molecule is CC(C)(C)c1csc(C(C)(C)c2[c-]c(C(C)(C)c3csc(C(C)(C)c4[c-]cc(-c5ccccc5)s4)n3)c(-c3ccccc3)s2)n1.CC(C)(C)c1nc(C(C)(C)c2[n-]c(C(C)(C)c3nc(C(C)(C)c4[n-]cc5ccccc45)cn3-c3ccccc3)c3ccccc23)cn1-c1ccccc1.CC1(C)c2cn(-c3ccccc3)c(n2)C(C)(C)c2cccc(c2O)C(C)(C)c2cn(-c3ccccc3)c(n2)C(C)(C)c2cccc1c2O.[Cu+2].[Pt+2].[Pt]. The van der Waals surface area contributed by atoms with E-state index in [4.69, 9.17) is 39.9 Å². The number of imidazole rings is 4. The van der Waals surface area contributed by atoms with Gasteiger partial charge in [0.25, 0.3) is 0 Å². The Morgan fingerprint density at radius 2 is 0.711 bits per heavy atom. The van der Waals surface area contributed by atoms with Crippen molar-refractivity contribution in [1.82, 2.24) is 58.1 Å². The summed E-state index contributed by atoms with van der Waals surface area (Å²) in [6.07, 6.45) is 10.6. The monoisotopic (exact) mass is 2450 g/mol. The van der Waals surface area contributed by atoms with Crippen LogP contribution in [0.1, 0.15) is 302 Å². The Morgan fingerprint density at radius 3 is 1.16 bits per heavy atom. The van der Waals surface area contributed by atoms with E-state index in [2.05, 4.69) is 446 Å². The van der Waals surface area contributed by atoms with Crippen molar-refractivity contribution in [3.8, 4) is 55.1 Å². The summed E-state index contributed by atoms with van der Waals surface area (Å²) in [6, 6.07) is 102. The summed E-state index contributed by atoms with van der Waals surface area (Å²) >= 11 is 7.17. The minimum atomic E-state index is -0.710. The Morgan fingerprint density at radius 1 is 0.336 bits per heavy atom. The fourth-order valence-corrected chi connectivity index (χ4v) is 25.4. The van der Waals surface area contributed by atoms with Gasteiger partial charge in [-0.2, -0.15) is 11.8 Å². The number of phenolic OH excluding ortho intramolecular Hbond substituents is 2. The van der Waals surface area contributed by atoms with Crippen LogP contribution in [-0.4, -0.2) is 58.4 Å². The summed E-state index contributed by atoms with van der Waals surface area (Å²) in [5, 5.41) is 35.8. The number of hydrogen-bond donors (Lipinski definition) is 2. The van der Waals surface area contributed by atoms with Gasteiger partial charge in [-0.3, -0.25) is 22.7 Å². The minimum absolute atomic E-state index is 0. The summed E-state index contributed by atoms with van der Waals surface area (Å²) in [5.74, 6) is 4.01. The number of aromatic nitrogens is 12. The summed E-state index contributed by atoms with van der Waals surface area (Å²) < 4.78 is 8.76. The van der Waals surface area contributed by atoms with Crippen molar-refractivity contribution in [1.29, 1.82) is 0 Å². The molecule has 8 bridgehead atoms. The van der Waals surface area contributed by atoms with Crippen LogP contribution in [0.3, 0.4) is 0 Å². The van der Waals surface area contributed by atoms with Crippen molar-refractivity contribution in [2.24, 2.45) is 0 Å². The molecule has 0 aliphatic carbocycles. The van der Waals surface area contributed by atoms with Gasteiger partial charge in [0.2, 0.25) is 0 Å². The van der Waals surface area contributed by atoms with Gasteiger partial charge >= 0.3 is 38.1 Å². The quantitative estimate of drug-likeness (QED) is 0.0624. The molecule has 1 aliphatic rings. The maximum Gasteiger partial charge on any atom is 2.00 e. The van der Waals surface area contributed by atoms with Crippen LogP contribution in [0.15, 0.2) is 315 Å². The average molecular weight is 2450 g/mol. The van der Waals surface area contributed by atoms with Gasteiger partial charge in [-0.05, 0) is 125 Å². The van der Waals surface area contributed by atoms with Crippen LogP contribution >= 0.6 is 45.3 Å². The number of thiazole rings is 2. The molecular weight excluding hydrogens is 2320 g/mol. The largest absolute Gasteiger partial charge is 2.00 e. The third-order valence-electron chi connectivity index (χ3n) is 30.2. The molecule has 0 fully saturated rings. The molecule has 0 saturated carbocycles. The van der Waals surface area contributed by atoms with E-state index in [1.54, 1.807) is 22.7 Å². The number of benzene rings is 10. The Labute approximate surface area is 935 Å². The first-order chi connectivity index (χ1) is 69.0. The third-order valence-corrected chi connectivity index (χ3v) is 35.4. The Kier molecular flexibility index (Phi) is 30.3. The second-order valence-corrected chi connectivity index (χ2v) is 50.3. The van der Waals surface area contributed by atoms with Crippen molar-refractivity contribution >= 4 is 66.9 Å². The third kappa shape index (κ3) is 20.0. The van der Waals surface area contributed by atoms with E-state index >= 15 is 0 Å². The molecule has 20 aromatic rings. The molecule has 14 nitrogen and oxygen atoms in total. The van der Waals surface area contributed by atoms with E-state index in [0.717, 1.165) is 151 Å². The van der Waals surface area contributed by atoms with Crippen molar-refractivity contribution in [3.05, 3.63) is 449 Å². The average Bonchev–Trinajstić information content (AvgIpc) is 1.57. The fourth-order valence-electron chi connectivity index (χ4n) is 20.6. The van der Waals surface area contributed by atoms with Gasteiger partial charge in [-0.15, -0.1) is 49.5 Å². The first kappa shape index (κ1) is 110. The summed E-state index contributed by atoms with van der Waals surface area (Å²) in [5.41, 5.74) is 14.4. The molecule has 10 aromatic carbocycles. The molecule has 1 radical (unpaired) electrons. The van der Waals surface area contributed by atoms with Crippen molar-refractivity contribution in [2.75, 3.05) is 0 Å². The first-order valence-electron chi connectivity index (χ1n) is 50.5. The van der Waals surface area contributed by atoms with Crippen molar-refractivity contribution in [3.63, 3.8) is 0 Å². The Balaban J connectivity index is 0.000000158. The van der Waals surface area contributed by atoms with E-state index in [1.807, 2.05) is 102 Å². The molecule has 21 heteroatoms. The van der Waals surface area contributed by atoms with Crippen LogP contribution in [0.4, 0.5) is 0 Å². The number of aromatic hydroxyl groups is 2. The molecule has 771 valence electrons. The van der Waals surface area contributed by atoms with Gasteiger partial charge in [0.05, 0.1) is 45.0 Å². The molecule has 0 atom stereocenters. The Bertz CT molecular complexity index is 8010. The summed E-state index contributed by atoms with van der Waals surface area (Å²) in [6.45, 7) is 57.5. The predicted molar refractivity (Wildman–Crippen MR) is 605 cm³/mol. The molecule has 149 heavy (non-hydrogen) atoms. The van der Waals surface area contributed by atoms with Crippen LogP contribution < -0.4 is 9.97 Å². The predicted octanol–water partition coefficient (Wildman–Crippen LogP) is 31.6. The molecule has 11 heterocycles. The molecular formula is C128H132CuN12O2Pt2S4. The van der Waals surface area contributed by atoms with Crippen molar-refractivity contribution in [2.45, 2.75) is 245 Å². The molecule has 0 amide bonds. The van der Waals surface area contributed by atoms with E-state index in [-0.39, 0.29) is 97.8 Å². The van der Waals surface area contributed by atoms with Gasteiger partial charge in [-0.1, -0.05) is 364 Å². The zero-order valence-electron chi connectivity index (χ0n) is 89.9. The Hall–Kier alpha value is -11.7. The minimum Gasteiger partial charge on any atom is -0.666 e. The second-order valence-electron chi connectivity index (χ2n) is 46.5. The van der Waals surface area contributed by atoms with Crippen LogP contribution in [0.5, 0.6) is 11.5 Å². The van der Waals surface area contributed by atoms with E-state index in [0.29, 0.717) is 0 Å². The fraction of sp³-hybridized carbons (Fsp3) is 0.297. The number of hydrogen-bond acceptors (Lipinski definition) is 12. The number of nitrogens with zero attached hydrogens (tertiary/aromatic N) is 12. The second kappa shape index (κ2) is 41.1. The van der Waals surface area contributed by atoms with Gasteiger partial charge < -0.3 is 38.4 Å². The van der Waals surface area contributed by atoms with Crippen LogP contribution in [-0.2, 0) is 124 Å². The van der Waals surface area contributed by atoms with Gasteiger partial charge in [0.15, 0.2) is 0 Å². The summed E-state index contributed by atoms with van der Waals surface area (Å²) in [7, 11) is 0. The maximum atomic E-state index is 12.3.